The second-order valence-electron chi connectivity index (χ2n) is 6.29. The van der Waals surface area contributed by atoms with Crippen molar-refractivity contribution in [2.24, 2.45) is 5.10 Å². The Bertz CT molecular complexity index is 958. The number of benzene rings is 2. The number of carbonyl (C=O) groups is 1. The molecule has 3 rings (SSSR count). The summed E-state index contributed by atoms with van der Waals surface area (Å²) >= 11 is 0. The van der Waals surface area contributed by atoms with Gasteiger partial charge in [0.2, 0.25) is 0 Å². The van der Waals surface area contributed by atoms with Crippen LogP contribution in [0.2, 0.25) is 0 Å². The number of rotatable bonds is 9. The largest absolute Gasteiger partial charge is 0.493 e. The molecule has 0 saturated carbocycles. The summed E-state index contributed by atoms with van der Waals surface area (Å²) < 4.78 is 11.6. The van der Waals surface area contributed by atoms with Gasteiger partial charge in [-0.15, -0.1) is 0 Å². The summed E-state index contributed by atoms with van der Waals surface area (Å²) in [5.41, 5.74) is 4.89. The first-order valence-corrected chi connectivity index (χ1v) is 9.38. The van der Waals surface area contributed by atoms with Gasteiger partial charge >= 0.3 is 0 Å². The topological polar surface area (TPSA) is 72.8 Å². The molecule has 0 aliphatic heterocycles. The lowest BCUT2D eigenvalue weighted by Gasteiger charge is -2.11. The Morgan fingerprint density at radius 2 is 1.62 bits per heavy atom. The molecule has 0 atom stereocenters. The van der Waals surface area contributed by atoms with Crippen LogP contribution in [-0.2, 0) is 0 Å². The number of nitrogens with one attached hydrogen (secondary N) is 1. The van der Waals surface area contributed by atoms with Gasteiger partial charge < -0.3 is 9.47 Å². The summed E-state index contributed by atoms with van der Waals surface area (Å²) in [4.78, 5) is 15.9. The lowest BCUT2D eigenvalue weighted by Crippen LogP contribution is -2.17. The molecule has 0 aliphatic carbocycles. The molecule has 2 aromatic carbocycles. The van der Waals surface area contributed by atoms with Crippen LogP contribution in [0.15, 0.2) is 78.2 Å². The third kappa shape index (κ3) is 6.17. The quantitative estimate of drug-likeness (QED) is 0.341. The maximum absolute atomic E-state index is 12.0. The van der Waals surface area contributed by atoms with Crippen LogP contribution < -0.4 is 14.9 Å². The molecule has 1 amide bonds. The highest BCUT2D eigenvalue weighted by Gasteiger charge is 2.04. The fourth-order valence-corrected chi connectivity index (χ4v) is 2.59. The van der Waals surface area contributed by atoms with Crippen LogP contribution in [-0.4, -0.2) is 30.3 Å². The summed E-state index contributed by atoms with van der Waals surface area (Å²) in [7, 11) is 0. The second kappa shape index (κ2) is 10.6. The van der Waals surface area contributed by atoms with Gasteiger partial charge in [0.25, 0.3) is 5.91 Å². The Hall–Kier alpha value is -3.67. The SMILES string of the molecule is Cc1ccccc1OCCCOc1ccccc1C=NNC(=O)c1ccncc1. The normalized spacial score (nSPS) is 10.7. The number of hydrogen-bond donors (Lipinski definition) is 1. The van der Waals surface area contributed by atoms with Crippen LogP contribution in [0, 0.1) is 6.92 Å². The zero-order valence-electron chi connectivity index (χ0n) is 16.2. The number of hydrazone groups is 1. The Labute approximate surface area is 170 Å². The van der Waals surface area contributed by atoms with E-state index in [0.717, 1.165) is 23.3 Å². The lowest BCUT2D eigenvalue weighted by molar-refractivity contribution is 0.0955. The molecule has 1 heterocycles. The van der Waals surface area contributed by atoms with Crippen molar-refractivity contribution in [3.8, 4) is 11.5 Å². The summed E-state index contributed by atoms with van der Waals surface area (Å²) in [5, 5.41) is 4.02. The van der Waals surface area contributed by atoms with E-state index in [-0.39, 0.29) is 5.91 Å². The number of hydrogen-bond acceptors (Lipinski definition) is 5. The highest BCUT2D eigenvalue weighted by Crippen LogP contribution is 2.18. The van der Waals surface area contributed by atoms with E-state index in [4.69, 9.17) is 9.47 Å². The minimum absolute atomic E-state index is 0.296. The van der Waals surface area contributed by atoms with Crippen molar-refractivity contribution >= 4 is 12.1 Å². The maximum atomic E-state index is 12.0. The van der Waals surface area contributed by atoms with Crippen molar-refractivity contribution in [3.05, 3.63) is 89.7 Å². The number of carbonyl (C=O) groups excluding carboxylic acids is 1. The molecular weight excluding hydrogens is 366 g/mol. The zero-order valence-corrected chi connectivity index (χ0v) is 16.2. The van der Waals surface area contributed by atoms with Crippen molar-refractivity contribution in [1.82, 2.24) is 10.4 Å². The van der Waals surface area contributed by atoms with E-state index in [2.05, 4.69) is 15.5 Å². The minimum Gasteiger partial charge on any atom is -0.493 e. The number of ether oxygens (including phenoxy) is 2. The molecule has 1 N–H and O–H groups in total. The number of aromatic nitrogens is 1. The molecule has 6 heteroatoms. The maximum Gasteiger partial charge on any atom is 0.271 e. The second-order valence-corrected chi connectivity index (χ2v) is 6.29. The van der Waals surface area contributed by atoms with Crippen molar-refractivity contribution in [2.75, 3.05) is 13.2 Å². The molecule has 0 aliphatic rings. The van der Waals surface area contributed by atoms with Gasteiger partial charge in [-0.05, 0) is 42.8 Å². The van der Waals surface area contributed by atoms with Gasteiger partial charge in [-0.3, -0.25) is 9.78 Å². The van der Waals surface area contributed by atoms with Crippen LogP contribution in [0.25, 0.3) is 0 Å². The van der Waals surface area contributed by atoms with Crippen LogP contribution in [0.5, 0.6) is 11.5 Å². The van der Waals surface area contributed by atoms with Gasteiger partial charge in [-0.1, -0.05) is 30.3 Å². The first-order chi connectivity index (χ1) is 14.2. The molecule has 29 heavy (non-hydrogen) atoms. The Morgan fingerprint density at radius 3 is 2.38 bits per heavy atom. The van der Waals surface area contributed by atoms with Crippen molar-refractivity contribution in [3.63, 3.8) is 0 Å². The van der Waals surface area contributed by atoms with Crippen molar-refractivity contribution in [1.29, 1.82) is 0 Å². The molecule has 148 valence electrons. The molecule has 1 aromatic heterocycles. The van der Waals surface area contributed by atoms with Crippen molar-refractivity contribution in [2.45, 2.75) is 13.3 Å². The lowest BCUT2D eigenvalue weighted by atomic mass is 10.2. The van der Waals surface area contributed by atoms with Gasteiger partial charge in [0.15, 0.2) is 0 Å². The molecule has 0 radical (unpaired) electrons. The highest BCUT2D eigenvalue weighted by molar-refractivity contribution is 5.94. The van der Waals surface area contributed by atoms with E-state index in [0.29, 0.717) is 24.5 Å². The van der Waals surface area contributed by atoms with Gasteiger partial charge in [-0.2, -0.15) is 5.10 Å². The molecule has 0 unspecified atom stereocenters. The van der Waals surface area contributed by atoms with E-state index < -0.39 is 0 Å². The number of para-hydroxylation sites is 2. The molecular formula is C23H23N3O3. The predicted molar refractivity (Wildman–Crippen MR) is 113 cm³/mol. The molecule has 3 aromatic rings. The fourth-order valence-electron chi connectivity index (χ4n) is 2.59. The molecule has 0 saturated heterocycles. The molecule has 0 fully saturated rings. The summed E-state index contributed by atoms with van der Waals surface area (Å²) in [6.07, 6.45) is 5.44. The zero-order chi connectivity index (χ0) is 20.3. The van der Waals surface area contributed by atoms with Crippen LogP contribution >= 0.6 is 0 Å². The van der Waals surface area contributed by atoms with Gasteiger partial charge in [-0.25, -0.2) is 5.43 Å². The molecule has 0 spiro atoms. The summed E-state index contributed by atoms with van der Waals surface area (Å²) in [6.45, 7) is 3.11. The summed E-state index contributed by atoms with van der Waals surface area (Å²) in [5.74, 6) is 1.30. The smallest absolute Gasteiger partial charge is 0.271 e. The Balaban J connectivity index is 1.47. The molecule has 0 bridgehead atoms. The average molecular weight is 389 g/mol. The van der Waals surface area contributed by atoms with E-state index >= 15 is 0 Å². The Kier molecular flexibility index (Phi) is 7.34. The first kappa shape index (κ1) is 20.1. The van der Waals surface area contributed by atoms with E-state index in [1.165, 1.54) is 0 Å². The number of nitrogens with zero attached hydrogens (tertiary/aromatic N) is 2. The third-order valence-corrected chi connectivity index (χ3v) is 4.13. The highest BCUT2D eigenvalue weighted by atomic mass is 16.5. The fraction of sp³-hybridized carbons (Fsp3) is 0.174. The van der Waals surface area contributed by atoms with Crippen LogP contribution in [0.3, 0.4) is 0 Å². The van der Waals surface area contributed by atoms with Crippen LogP contribution in [0.4, 0.5) is 0 Å². The standard InChI is InChI=1S/C23H23N3O3/c1-18-7-2-4-9-21(18)28-15-6-16-29-22-10-5-3-8-20(22)17-25-26-23(27)19-11-13-24-14-12-19/h2-5,7-14,17H,6,15-16H2,1H3,(H,26,27). The third-order valence-electron chi connectivity index (χ3n) is 4.13. The van der Waals surface area contributed by atoms with E-state index in [1.54, 1.807) is 30.7 Å². The minimum atomic E-state index is -0.296. The first-order valence-electron chi connectivity index (χ1n) is 9.38. The van der Waals surface area contributed by atoms with E-state index in [1.807, 2.05) is 55.5 Å². The summed E-state index contributed by atoms with van der Waals surface area (Å²) in [6, 6.07) is 18.7. The van der Waals surface area contributed by atoms with Gasteiger partial charge in [0.1, 0.15) is 11.5 Å². The van der Waals surface area contributed by atoms with E-state index in [9.17, 15) is 4.79 Å². The monoisotopic (exact) mass is 389 g/mol. The number of amides is 1. The predicted octanol–water partition coefficient (Wildman–Crippen LogP) is 4.00. The van der Waals surface area contributed by atoms with Gasteiger partial charge in [0.05, 0.1) is 19.4 Å². The van der Waals surface area contributed by atoms with Crippen LogP contribution in [0.1, 0.15) is 27.9 Å². The van der Waals surface area contributed by atoms with Crippen molar-refractivity contribution < 1.29 is 14.3 Å². The van der Waals surface area contributed by atoms with Gasteiger partial charge in [0, 0.05) is 29.9 Å². The Morgan fingerprint density at radius 1 is 0.966 bits per heavy atom. The number of aryl methyl sites for hydroxylation is 1. The average Bonchev–Trinajstić information content (AvgIpc) is 2.76. The molecule has 6 nitrogen and oxygen atoms in total. The number of pyridine rings is 1.